The minimum absolute atomic E-state index is 0.287. The number of likely N-dealkylation sites (N-methyl/N-ethyl adjacent to an activating group) is 1. The summed E-state index contributed by atoms with van der Waals surface area (Å²) in [5.41, 5.74) is 0.0517. The van der Waals surface area contributed by atoms with Crippen LogP contribution in [0.4, 0.5) is 0 Å². The van der Waals surface area contributed by atoms with Crippen LogP contribution in [0.3, 0.4) is 0 Å². The van der Waals surface area contributed by atoms with Gasteiger partial charge in [-0.1, -0.05) is 43.7 Å². The van der Waals surface area contributed by atoms with Gasteiger partial charge in [0.05, 0.1) is 7.11 Å². The molecule has 0 bridgehead atoms. The summed E-state index contributed by atoms with van der Waals surface area (Å²) in [6.45, 7) is 3.37. The lowest BCUT2D eigenvalue weighted by Crippen LogP contribution is -2.49. The van der Waals surface area contributed by atoms with E-state index in [4.69, 9.17) is 9.47 Å². The molecule has 0 aliphatic heterocycles. The Bertz CT molecular complexity index is 394. The van der Waals surface area contributed by atoms with E-state index in [9.17, 15) is 4.79 Å². The molecule has 1 aromatic carbocycles. The van der Waals surface area contributed by atoms with Crippen LogP contribution in [-0.2, 0) is 19.8 Å². The summed E-state index contributed by atoms with van der Waals surface area (Å²) >= 11 is 0. The quantitative estimate of drug-likeness (QED) is 0.557. The van der Waals surface area contributed by atoms with Crippen LogP contribution in [0.1, 0.15) is 31.7 Å². The number of methoxy groups -OCH3 is 1. The van der Waals surface area contributed by atoms with Crippen molar-refractivity contribution in [3.8, 4) is 0 Å². The van der Waals surface area contributed by atoms with Crippen LogP contribution in [0.25, 0.3) is 0 Å². The van der Waals surface area contributed by atoms with E-state index < -0.39 is 5.54 Å². The molecule has 0 spiro atoms. The normalized spacial score (nSPS) is 13.8. The van der Waals surface area contributed by atoms with E-state index in [0.29, 0.717) is 13.0 Å². The van der Waals surface area contributed by atoms with Crippen molar-refractivity contribution in [3.05, 3.63) is 35.9 Å². The first-order chi connectivity index (χ1) is 9.71. The number of benzene rings is 1. The van der Waals surface area contributed by atoms with Gasteiger partial charge in [-0.15, -0.1) is 0 Å². The van der Waals surface area contributed by atoms with E-state index in [1.165, 1.54) is 7.11 Å². The second-order valence-corrected chi connectivity index (χ2v) is 4.73. The van der Waals surface area contributed by atoms with E-state index in [-0.39, 0.29) is 5.97 Å². The molecule has 0 aromatic heterocycles. The van der Waals surface area contributed by atoms with Crippen molar-refractivity contribution in [3.63, 3.8) is 0 Å². The van der Waals surface area contributed by atoms with E-state index in [1.54, 1.807) is 7.05 Å². The molecule has 0 saturated carbocycles. The summed E-state index contributed by atoms with van der Waals surface area (Å²) in [4.78, 5) is 12.2. The number of ether oxygens (including phenoxy) is 2. The van der Waals surface area contributed by atoms with Crippen molar-refractivity contribution in [2.75, 3.05) is 27.4 Å². The van der Waals surface area contributed by atoms with Crippen molar-refractivity contribution < 1.29 is 14.3 Å². The zero-order chi connectivity index (χ0) is 14.8. The summed E-state index contributed by atoms with van der Waals surface area (Å²) in [6.07, 6.45) is 2.69. The highest BCUT2D eigenvalue weighted by atomic mass is 16.5. The van der Waals surface area contributed by atoms with Gasteiger partial charge in [0, 0.05) is 19.6 Å². The van der Waals surface area contributed by atoms with Crippen LogP contribution in [0.5, 0.6) is 0 Å². The molecule has 112 valence electrons. The molecule has 1 unspecified atom stereocenters. The molecule has 1 rings (SSSR count). The van der Waals surface area contributed by atoms with Crippen LogP contribution >= 0.6 is 0 Å². The van der Waals surface area contributed by atoms with Gasteiger partial charge in [-0.3, -0.25) is 0 Å². The van der Waals surface area contributed by atoms with Gasteiger partial charge in [0.2, 0.25) is 0 Å². The third kappa shape index (κ3) is 4.05. The number of esters is 1. The Balaban J connectivity index is 2.82. The minimum Gasteiger partial charge on any atom is -0.467 e. The van der Waals surface area contributed by atoms with E-state index in [2.05, 4.69) is 12.2 Å². The third-order valence-corrected chi connectivity index (χ3v) is 3.49. The van der Waals surface area contributed by atoms with Crippen LogP contribution in [0.15, 0.2) is 30.3 Å². The smallest absolute Gasteiger partial charge is 0.330 e. The standard InChI is InChI=1S/C16H25NO3/c1-4-5-12-20-13-11-16(17-2,15(18)19-3)14-9-7-6-8-10-14/h6-10,17H,4-5,11-13H2,1-3H3. The van der Waals surface area contributed by atoms with E-state index in [1.807, 2.05) is 30.3 Å². The summed E-state index contributed by atoms with van der Waals surface area (Å²) in [5.74, 6) is -0.287. The van der Waals surface area contributed by atoms with Gasteiger partial charge in [-0.25, -0.2) is 4.79 Å². The summed E-state index contributed by atoms with van der Waals surface area (Å²) in [6, 6.07) is 9.63. The molecule has 4 nitrogen and oxygen atoms in total. The lowest BCUT2D eigenvalue weighted by Gasteiger charge is -2.31. The van der Waals surface area contributed by atoms with Gasteiger partial charge in [0.1, 0.15) is 5.54 Å². The fourth-order valence-electron chi connectivity index (χ4n) is 2.21. The first kappa shape index (κ1) is 16.7. The fourth-order valence-corrected chi connectivity index (χ4v) is 2.21. The summed E-state index contributed by atoms with van der Waals surface area (Å²) in [5, 5.41) is 3.12. The Morgan fingerprint density at radius 2 is 1.95 bits per heavy atom. The highest BCUT2D eigenvalue weighted by molar-refractivity contribution is 5.82. The maximum atomic E-state index is 12.2. The molecule has 0 heterocycles. The second-order valence-electron chi connectivity index (χ2n) is 4.73. The number of hydrogen-bond donors (Lipinski definition) is 1. The molecule has 0 radical (unpaired) electrons. The molecule has 0 saturated heterocycles. The Labute approximate surface area is 121 Å². The number of nitrogens with one attached hydrogen (secondary N) is 1. The molecule has 4 heteroatoms. The molecular weight excluding hydrogens is 254 g/mol. The van der Waals surface area contributed by atoms with Gasteiger partial charge >= 0.3 is 5.97 Å². The molecule has 0 aliphatic carbocycles. The minimum atomic E-state index is -0.845. The fraction of sp³-hybridized carbons (Fsp3) is 0.562. The topological polar surface area (TPSA) is 47.6 Å². The van der Waals surface area contributed by atoms with Gasteiger partial charge in [-0.05, 0) is 19.0 Å². The van der Waals surface area contributed by atoms with Crippen molar-refractivity contribution >= 4 is 5.97 Å². The van der Waals surface area contributed by atoms with Crippen LogP contribution in [0.2, 0.25) is 0 Å². The zero-order valence-corrected chi connectivity index (χ0v) is 12.6. The highest BCUT2D eigenvalue weighted by Crippen LogP contribution is 2.26. The van der Waals surface area contributed by atoms with Gasteiger partial charge in [0.25, 0.3) is 0 Å². The van der Waals surface area contributed by atoms with Crippen molar-refractivity contribution in [2.24, 2.45) is 0 Å². The number of carbonyl (C=O) groups excluding carboxylic acids is 1. The lowest BCUT2D eigenvalue weighted by molar-refractivity contribution is -0.150. The van der Waals surface area contributed by atoms with Crippen LogP contribution in [-0.4, -0.2) is 33.3 Å². The van der Waals surface area contributed by atoms with Crippen molar-refractivity contribution in [2.45, 2.75) is 31.7 Å². The summed E-state index contributed by atoms with van der Waals surface area (Å²) in [7, 11) is 3.19. The molecule has 20 heavy (non-hydrogen) atoms. The largest absolute Gasteiger partial charge is 0.467 e. The predicted molar refractivity (Wildman–Crippen MR) is 79.5 cm³/mol. The molecule has 1 N–H and O–H groups in total. The Hall–Kier alpha value is -1.39. The Kier molecular flexibility index (Phi) is 7.26. The second kappa shape index (κ2) is 8.72. The van der Waals surface area contributed by atoms with Crippen molar-refractivity contribution in [1.82, 2.24) is 5.32 Å². The first-order valence-corrected chi connectivity index (χ1v) is 7.12. The third-order valence-electron chi connectivity index (χ3n) is 3.49. The molecule has 1 aromatic rings. The molecular formula is C16H25NO3. The van der Waals surface area contributed by atoms with Gasteiger partial charge < -0.3 is 14.8 Å². The number of unbranched alkanes of at least 4 members (excludes halogenated alkanes) is 1. The highest BCUT2D eigenvalue weighted by Gasteiger charge is 2.39. The molecule has 0 aliphatic rings. The Morgan fingerprint density at radius 3 is 2.50 bits per heavy atom. The first-order valence-electron chi connectivity index (χ1n) is 7.12. The molecule has 0 fully saturated rings. The van der Waals surface area contributed by atoms with Gasteiger partial charge in [-0.2, -0.15) is 0 Å². The van der Waals surface area contributed by atoms with E-state index >= 15 is 0 Å². The summed E-state index contributed by atoms with van der Waals surface area (Å²) < 4.78 is 10.6. The Morgan fingerprint density at radius 1 is 1.25 bits per heavy atom. The average Bonchev–Trinajstić information content (AvgIpc) is 2.51. The number of hydrogen-bond acceptors (Lipinski definition) is 4. The molecule has 1 atom stereocenters. The van der Waals surface area contributed by atoms with Crippen LogP contribution in [0, 0.1) is 0 Å². The molecule has 0 amide bonds. The van der Waals surface area contributed by atoms with E-state index in [0.717, 1.165) is 25.0 Å². The number of carbonyl (C=O) groups is 1. The zero-order valence-electron chi connectivity index (χ0n) is 12.6. The number of rotatable bonds is 9. The van der Waals surface area contributed by atoms with Gasteiger partial charge in [0.15, 0.2) is 0 Å². The maximum Gasteiger partial charge on any atom is 0.330 e. The van der Waals surface area contributed by atoms with Crippen molar-refractivity contribution in [1.29, 1.82) is 0 Å². The lowest BCUT2D eigenvalue weighted by atomic mass is 9.87. The monoisotopic (exact) mass is 279 g/mol. The maximum absolute atomic E-state index is 12.2. The van der Waals surface area contributed by atoms with Crippen LogP contribution < -0.4 is 5.32 Å². The SMILES string of the molecule is CCCCOCCC(NC)(C(=O)OC)c1ccccc1. The average molecular weight is 279 g/mol. The predicted octanol–water partition coefficient (Wildman–Crippen LogP) is 2.48.